The van der Waals surface area contributed by atoms with Crippen LogP contribution in [0.2, 0.25) is 5.02 Å². The normalized spacial score (nSPS) is 9.73. The zero-order valence-electron chi connectivity index (χ0n) is 5.48. The van der Waals surface area contributed by atoms with Crippen molar-refractivity contribution >= 4 is 23.2 Å². The first-order valence-electron chi connectivity index (χ1n) is 2.88. The van der Waals surface area contributed by atoms with Crippen molar-refractivity contribution in [1.82, 2.24) is 0 Å². The van der Waals surface area contributed by atoms with Crippen LogP contribution in [0.5, 0.6) is 5.75 Å². The van der Waals surface area contributed by atoms with Crippen LogP contribution in [0.3, 0.4) is 0 Å². The third kappa shape index (κ3) is 1.98. The summed E-state index contributed by atoms with van der Waals surface area (Å²) in [5.74, 6) is -0.498. The molecule has 0 aliphatic heterocycles. The van der Waals surface area contributed by atoms with E-state index >= 15 is 0 Å². The van der Waals surface area contributed by atoms with Crippen LogP contribution in [-0.4, -0.2) is 6.07 Å². The second kappa shape index (κ2) is 3.79. The molecule has 0 atom stereocenters. The van der Waals surface area contributed by atoms with E-state index in [1.54, 1.807) is 0 Å². The lowest BCUT2D eigenvalue weighted by Crippen LogP contribution is -1.92. The largest absolute Gasteiger partial charge is 0.473 e. The molecule has 0 radical (unpaired) electrons. The average molecular weight is 195 g/mol. The van der Waals surface area contributed by atoms with Crippen molar-refractivity contribution in [3.8, 4) is 5.75 Å². The summed E-state index contributed by atoms with van der Waals surface area (Å²) in [6, 6.07) is 4.18. The van der Waals surface area contributed by atoms with Crippen molar-refractivity contribution in [1.29, 1.82) is 0 Å². The molecule has 0 N–H and O–H groups in total. The molecule has 1 nitrogen and oxygen atoms in total. The molecular weight excluding hydrogens is 190 g/mol. The van der Waals surface area contributed by atoms with Gasteiger partial charge in [0.25, 0.3) is 0 Å². The maximum absolute atomic E-state index is 12.8. The number of benzene rings is 1. The number of para-hydroxylation sites is 1. The van der Waals surface area contributed by atoms with Crippen molar-refractivity contribution in [2.24, 2.45) is 0 Å². The Balaban J connectivity index is 3.00. The summed E-state index contributed by atoms with van der Waals surface area (Å²) in [7, 11) is 0. The summed E-state index contributed by atoms with van der Waals surface area (Å²) in [4.78, 5) is 0. The van der Waals surface area contributed by atoms with Gasteiger partial charge in [-0.15, -0.1) is 0 Å². The van der Waals surface area contributed by atoms with Crippen molar-refractivity contribution < 1.29 is 9.13 Å². The molecule has 4 heteroatoms. The molecule has 0 bridgehead atoms. The minimum Gasteiger partial charge on any atom is -0.473 e. The number of ether oxygens (including phenoxy) is 1. The van der Waals surface area contributed by atoms with Gasteiger partial charge in [-0.3, -0.25) is 0 Å². The number of alkyl halides is 1. The Morgan fingerprint density at radius 1 is 1.45 bits per heavy atom. The van der Waals surface area contributed by atoms with Gasteiger partial charge >= 0.3 is 0 Å². The maximum atomic E-state index is 12.8. The predicted molar refractivity (Wildman–Crippen MR) is 42.8 cm³/mol. The van der Waals surface area contributed by atoms with E-state index in [0.717, 1.165) is 0 Å². The van der Waals surface area contributed by atoms with E-state index in [1.165, 1.54) is 18.2 Å². The van der Waals surface area contributed by atoms with Crippen molar-refractivity contribution in [3.63, 3.8) is 0 Å². The quantitative estimate of drug-likeness (QED) is 0.659. The van der Waals surface area contributed by atoms with Gasteiger partial charge in [0.15, 0.2) is 17.6 Å². The molecule has 11 heavy (non-hydrogen) atoms. The SMILES string of the molecule is Fc1cccc(Cl)c1OCCl. The third-order valence-corrected chi connectivity index (χ3v) is 1.52. The zero-order valence-corrected chi connectivity index (χ0v) is 6.99. The van der Waals surface area contributed by atoms with E-state index < -0.39 is 5.82 Å². The molecule has 1 aromatic rings. The molecule has 1 aromatic carbocycles. The molecule has 0 fully saturated rings. The predicted octanol–water partition coefficient (Wildman–Crippen LogP) is 3.05. The standard InChI is InChI=1S/C7H5Cl2FO/c8-4-11-7-5(9)2-1-3-6(7)10/h1-3H,4H2. The van der Waals surface area contributed by atoms with Crippen LogP contribution in [0.4, 0.5) is 4.39 Å². The lowest BCUT2D eigenvalue weighted by molar-refractivity contribution is 0.364. The fourth-order valence-electron chi connectivity index (χ4n) is 0.675. The summed E-state index contributed by atoms with van der Waals surface area (Å²) in [5, 5.41) is 0.227. The van der Waals surface area contributed by atoms with E-state index in [0.29, 0.717) is 0 Å². The molecule has 0 unspecified atom stereocenters. The van der Waals surface area contributed by atoms with Gasteiger partial charge < -0.3 is 4.74 Å². The first kappa shape index (κ1) is 8.62. The van der Waals surface area contributed by atoms with Crippen LogP contribution >= 0.6 is 23.2 Å². The summed E-state index contributed by atoms with van der Waals surface area (Å²) < 4.78 is 17.5. The Labute approximate surface area is 73.7 Å². The van der Waals surface area contributed by atoms with Gasteiger partial charge in [0.2, 0.25) is 0 Å². The molecule has 0 amide bonds. The molecule has 0 saturated heterocycles. The molecule has 0 spiro atoms. The number of hydrogen-bond donors (Lipinski definition) is 0. The first-order valence-corrected chi connectivity index (χ1v) is 3.79. The second-order valence-electron chi connectivity index (χ2n) is 1.80. The molecule has 0 aliphatic rings. The second-order valence-corrected chi connectivity index (χ2v) is 2.43. The topological polar surface area (TPSA) is 9.23 Å². The minimum absolute atomic E-state index is 0.00386. The van der Waals surface area contributed by atoms with Gasteiger partial charge in [-0.05, 0) is 12.1 Å². The van der Waals surface area contributed by atoms with Gasteiger partial charge in [-0.2, -0.15) is 0 Å². The highest BCUT2D eigenvalue weighted by molar-refractivity contribution is 6.32. The maximum Gasteiger partial charge on any atom is 0.175 e. The fourth-order valence-corrected chi connectivity index (χ4v) is 1.00. The Bertz CT molecular complexity index is 232. The van der Waals surface area contributed by atoms with E-state index in [-0.39, 0.29) is 16.8 Å². The van der Waals surface area contributed by atoms with Crippen LogP contribution in [-0.2, 0) is 0 Å². The van der Waals surface area contributed by atoms with Crippen molar-refractivity contribution in [2.45, 2.75) is 0 Å². The van der Waals surface area contributed by atoms with Crippen LogP contribution in [0.15, 0.2) is 18.2 Å². The molecule has 0 heterocycles. The van der Waals surface area contributed by atoms with Crippen LogP contribution in [0.25, 0.3) is 0 Å². The highest BCUT2D eigenvalue weighted by Crippen LogP contribution is 2.27. The number of hydrogen-bond acceptors (Lipinski definition) is 1. The first-order chi connectivity index (χ1) is 5.25. The lowest BCUT2D eigenvalue weighted by atomic mass is 10.3. The van der Waals surface area contributed by atoms with E-state index in [1.807, 2.05) is 0 Å². The summed E-state index contributed by atoms with van der Waals surface area (Å²) in [5.41, 5.74) is 0. The monoisotopic (exact) mass is 194 g/mol. The molecular formula is C7H5Cl2FO. The van der Waals surface area contributed by atoms with Gasteiger partial charge in [-0.1, -0.05) is 29.3 Å². The Morgan fingerprint density at radius 2 is 2.18 bits per heavy atom. The summed E-state index contributed by atoms with van der Waals surface area (Å²) >= 11 is 10.8. The van der Waals surface area contributed by atoms with E-state index in [4.69, 9.17) is 27.9 Å². The Kier molecular flexibility index (Phi) is 2.97. The minimum atomic E-state index is -0.502. The molecule has 60 valence electrons. The van der Waals surface area contributed by atoms with E-state index in [2.05, 4.69) is 0 Å². The van der Waals surface area contributed by atoms with Crippen molar-refractivity contribution in [2.75, 3.05) is 6.07 Å². The number of rotatable bonds is 2. The smallest absolute Gasteiger partial charge is 0.175 e. The highest BCUT2D eigenvalue weighted by atomic mass is 35.5. The molecule has 1 rings (SSSR count). The fraction of sp³-hybridized carbons (Fsp3) is 0.143. The summed E-state index contributed by atoms with van der Waals surface area (Å²) in [6.45, 7) is 0. The van der Waals surface area contributed by atoms with E-state index in [9.17, 15) is 4.39 Å². The number of halogens is 3. The van der Waals surface area contributed by atoms with Gasteiger partial charge in [0, 0.05) is 0 Å². The third-order valence-electron chi connectivity index (χ3n) is 1.12. The molecule has 0 aliphatic carbocycles. The summed E-state index contributed by atoms with van der Waals surface area (Å²) in [6.07, 6.45) is 0. The van der Waals surface area contributed by atoms with Gasteiger partial charge in [-0.25, -0.2) is 4.39 Å². The highest BCUT2D eigenvalue weighted by Gasteiger charge is 2.06. The Morgan fingerprint density at radius 3 is 2.73 bits per heavy atom. The van der Waals surface area contributed by atoms with Gasteiger partial charge in [0.1, 0.15) is 0 Å². The molecule has 0 aromatic heterocycles. The molecule has 0 saturated carbocycles. The average Bonchev–Trinajstić information content (AvgIpc) is 1.97. The van der Waals surface area contributed by atoms with Crippen LogP contribution < -0.4 is 4.74 Å². The van der Waals surface area contributed by atoms with Crippen LogP contribution in [0, 0.1) is 5.82 Å². The van der Waals surface area contributed by atoms with Gasteiger partial charge in [0.05, 0.1) is 5.02 Å². The zero-order chi connectivity index (χ0) is 8.27. The Hall–Kier alpha value is -0.470. The lowest BCUT2D eigenvalue weighted by Gasteiger charge is -2.03. The van der Waals surface area contributed by atoms with Crippen LogP contribution in [0.1, 0.15) is 0 Å². The van der Waals surface area contributed by atoms with Crippen molar-refractivity contribution in [3.05, 3.63) is 29.0 Å².